The van der Waals surface area contributed by atoms with E-state index in [4.69, 9.17) is 5.73 Å². The number of Topliss-reactive ketones (excluding diaryl/α,β-unsaturated/α-hetero) is 1. The molecule has 2 heteroatoms. The Morgan fingerprint density at radius 2 is 1.50 bits per heavy atom. The summed E-state index contributed by atoms with van der Waals surface area (Å²) in [6, 6.07) is 0. The van der Waals surface area contributed by atoms with Gasteiger partial charge in [0.2, 0.25) is 0 Å². The molecule has 0 heterocycles. The molecule has 0 fully saturated rings. The van der Waals surface area contributed by atoms with Gasteiger partial charge in [0.05, 0.1) is 0 Å². The zero-order chi connectivity index (χ0) is 10.3. The summed E-state index contributed by atoms with van der Waals surface area (Å²) in [4.78, 5) is 10.8. The SMILES string of the molecule is C=C.C=C(C)/C(C(C)=O)=C(\C)N. The second-order valence-corrected chi connectivity index (χ2v) is 2.39. The molecule has 0 atom stereocenters. The third kappa shape index (κ3) is 4.50. The maximum Gasteiger partial charge on any atom is 0.161 e. The molecule has 0 bridgehead atoms. The van der Waals surface area contributed by atoms with Crippen molar-refractivity contribution < 1.29 is 4.79 Å². The average molecular weight is 167 g/mol. The summed E-state index contributed by atoms with van der Waals surface area (Å²) in [7, 11) is 0. The summed E-state index contributed by atoms with van der Waals surface area (Å²) in [5.74, 6) is -0.0208. The average Bonchev–Trinajstić information content (AvgIpc) is 1.88. The number of hydrogen-bond acceptors (Lipinski definition) is 2. The highest BCUT2D eigenvalue weighted by atomic mass is 16.1. The second-order valence-electron chi connectivity index (χ2n) is 2.39. The summed E-state index contributed by atoms with van der Waals surface area (Å²) < 4.78 is 0. The normalized spacial score (nSPS) is 10.6. The van der Waals surface area contributed by atoms with E-state index >= 15 is 0 Å². The van der Waals surface area contributed by atoms with Crippen LogP contribution in [-0.4, -0.2) is 5.78 Å². The van der Waals surface area contributed by atoms with Gasteiger partial charge in [0.1, 0.15) is 0 Å². The van der Waals surface area contributed by atoms with Crippen molar-refractivity contribution in [3.63, 3.8) is 0 Å². The van der Waals surface area contributed by atoms with Crippen LogP contribution < -0.4 is 5.73 Å². The van der Waals surface area contributed by atoms with Gasteiger partial charge in [-0.05, 0) is 26.3 Å². The van der Waals surface area contributed by atoms with Crippen LogP contribution in [-0.2, 0) is 4.79 Å². The highest BCUT2D eigenvalue weighted by molar-refractivity contribution is 5.97. The first kappa shape index (κ1) is 13.3. The van der Waals surface area contributed by atoms with Gasteiger partial charge in [0, 0.05) is 11.3 Å². The lowest BCUT2D eigenvalue weighted by Crippen LogP contribution is -2.06. The molecule has 0 unspecified atom stereocenters. The minimum atomic E-state index is -0.0208. The third-order valence-corrected chi connectivity index (χ3v) is 1.17. The minimum absolute atomic E-state index is 0.0208. The predicted octanol–water partition coefficient (Wildman–Crippen LogP) is 2.19. The molecule has 0 aliphatic heterocycles. The van der Waals surface area contributed by atoms with Crippen LogP contribution in [0.15, 0.2) is 36.6 Å². The van der Waals surface area contributed by atoms with Gasteiger partial charge in [-0.25, -0.2) is 0 Å². The summed E-state index contributed by atoms with van der Waals surface area (Å²) >= 11 is 0. The van der Waals surface area contributed by atoms with E-state index in [2.05, 4.69) is 19.7 Å². The number of rotatable bonds is 2. The zero-order valence-electron chi connectivity index (χ0n) is 8.11. The molecule has 0 spiro atoms. The van der Waals surface area contributed by atoms with E-state index in [0.717, 1.165) is 5.57 Å². The Morgan fingerprint density at radius 3 is 1.50 bits per heavy atom. The smallest absolute Gasteiger partial charge is 0.161 e. The molecule has 0 saturated carbocycles. The number of hydrogen-bond donors (Lipinski definition) is 1. The van der Waals surface area contributed by atoms with Crippen molar-refractivity contribution in [3.8, 4) is 0 Å². The molecule has 0 radical (unpaired) electrons. The Balaban J connectivity index is 0. The van der Waals surface area contributed by atoms with Gasteiger partial charge in [0.25, 0.3) is 0 Å². The molecule has 68 valence electrons. The van der Waals surface area contributed by atoms with Crippen LogP contribution in [0.3, 0.4) is 0 Å². The predicted molar refractivity (Wildman–Crippen MR) is 53.6 cm³/mol. The molecule has 0 aliphatic rings. The maximum atomic E-state index is 10.8. The molecule has 0 rings (SSSR count). The fourth-order valence-electron chi connectivity index (χ4n) is 0.915. The molecule has 2 N–H and O–H groups in total. The lowest BCUT2D eigenvalue weighted by Gasteiger charge is -2.03. The van der Waals surface area contributed by atoms with E-state index < -0.39 is 0 Å². The summed E-state index contributed by atoms with van der Waals surface area (Å²) in [5.41, 5.74) is 7.26. The van der Waals surface area contributed by atoms with Crippen molar-refractivity contribution in [2.75, 3.05) is 0 Å². The Bertz CT molecular complexity index is 194. The van der Waals surface area contributed by atoms with E-state index in [1.807, 2.05) is 0 Å². The van der Waals surface area contributed by atoms with Crippen molar-refractivity contribution in [2.45, 2.75) is 20.8 Å². The largest absolute Gasteiger partial charge is 0.402 e. The lowest BCUT2D eigenvalue weighted by molar-refractivity contribution is -0.113. The van der Waals surface area contributed by atoms with Gasteiger partial charge >= 0.3 is 0 Å². The van der Waals surface area contributed by atoms with Gasteiger partial charge in [-0.3, -0.25) is 4.79 Å². The van der Waals surface area contributed by atoms with Gasteiger partial charge < -0.3 is 5.73 Å². The third-order valence-electron chi connectivity index (χ3n) is 1.17. The van der Waals surface area contributed by atoms with Gasteiger partial charge in [0.15, 0.2) is 5.78 Å². The molecule has 0 aromatic heterocycles. The van der Waals surface area contributed by atoms with Crippen molar-refractivity contribution in [1.29, 1.82) is 0 Å². The number of nitrogens with two attached hydrogens (primary N) is 1. The number of allylic oxidation sites excluding steroid dienone is 3. The molecule has 12 heavy (non-hydrogen) atoms. The lowest BCUT2D eigenvalue weighted by atomic mass is 10.0. The van der Waals surface area contributed by atoms with E-state index in [0.29, 0.717) is 11.3 Å². The summed E-state index contributed by atoms with van der Waals surface area (Å²) in [5, 5.41) is 0. The highest BCUT2D eigenvalue weighted by Gasteiger charge is 2.05. The van der Waals surface area contributed by atoms with Crippen molar-refractivity contribution >= 4 is 5.78 Å². The quantitative estimate of drug-likeness (QED) is 0.389. The highest BCUT2D eigenvalue weighted by Crippen LogP contribution is 2.09. The second kappa shape index (κ2) is 6.40. The first-order valence-corrected chi connectivity index (χ1v) is 3.60. The van der Waals surface area contributed by atoms with Crippen molar-refractivity contribution in [2.24, 2.45) is 5.73 Å². The number of carbonyl (C=O) groups is 1. The monoisotopic (exact) mass is 167 g/mol. The Labute approximate surface area is 74.5 Å². The first-order valence-electron chi connectivity index (χ1n) is 3.60. The van der Waals surface area contributed by atoms with E-state index in [1.54, 1.807) is 13.8 Å². The standard InChI is InChI=1S/C8H13NO.C2H4/c1-5(2)8(6(3)9)7(4)10;1-2/h1,9H2,2-4H3;1-2H2/b8-6-;. The molecule has 2 nitrogen and oxygen atoms in total. The van der Waals surface area contributed by atoms with Gasteiger partial charge in [-0.1, -0.05) is 6.58 Å². The zero-order valence-corrected chi connectivity index (χ0v) is 8.11. The Morgan fingerprint density at radius 1 is 1.17 bits per heavy atom. The van der Waals surface area contributed by atoms with Crippen LogP contribution in [0.5, 0.6) is 0 Å². The topological polar surface area (TPSA) is 43.1 Å². The fourth-order valence-corrected chi connectivity index (χ4v) is 0.915. The minimum Gasteiger partial charge on any atom is -0.402 e. The van der Waals surface area contributed by atoms with E-state index in [1.165, 1.54) is 6.92 Å². The van der Waals surface area contributed by atoms with Crippen molar-refractivity contribution in [1.82, 2.24) is 0 Å². The maximum absolute atomic E-state index is 10.8. The van der Waals surface area contributed by atoms with Crippen LogP contribution in [0.25, 0.3) is 0 Å². The molecule has 0 aliphatic carbocycles. The number of carbonyl (C=O) groups excluding carboxylic acids is 1. The molecule has 0 amide bonds. The van der Waals surface area contributed by atoms with E-state index in [9.17, 15) is 4.79 Å². The summed E-state index contributed by atoms with van der Waals surface area (Å²) in [6.45, 7) is 14.6. The first-order chi connectivity index (χ1) is 5.46. The van der Waals surface area contributed by atoms with Crippen LogP contribution in [0, 0.1) is 0 Å². The van der Waals surface area contributed by atoms with Crippen LogP contribution in [0.2, 0.25) is 0 Å². The van der Waals surface area contributed by atoms with Crippen LogP contribution in [0.1, 0.15) is 20.8 Å². The van der Waals surface area contributed by atoms with Crippen LogP contribution >= 0.6 is 0 Å². The van der Waals surface area contributed by atoms with E-state index in [-0.39, 0.29) is 5.78 Å². The number of ketones is 1. The van der Waals surface area contributed by atoms with Gasteiger partial charge in [-0.2, -0.15) is 0 Å². The van der Waals surface area contributed by atoms with Crippen LogP contribution in [0.4, 0.5) is 0 Å². The molecule has 0 aromatic rings. The molecular formula is C10H17NO. The Kier molecular flexibility index (Phi) is 7.09. The molecular weight excluding hydrogens is 150 g/mol. The van der Waals surface area contributed by atoms with Crippen molar-refractivity contribution in [3.05, 3.63) is 36.6 Å². The Hall–Kier alpha value is -1.31. The fraction of sp³-hybridized carbons (Fsp3) is 0.300. The van der Waals surface area contributed by atoms with Gasteiger partial charge in [-0.15, -0.1) is 13.2 Å². The molecule has 0 saturated heterocycles. The molecule has 0 aromatic carbocycles. The summed E-state index contributed by atoms with van der Waals surface area (Å²) in [6.07, 6.45) is 0.